The first-order valence-corrected chi connectivity index (χ1v) is 6.51. The van der Waals surface area contributed by atoms with E-state index in [1.165, 1.54) is 12.3 Å². The summed E-state index contributed by atoms with van der Waals surface area (Å²) in [5.41, 5.74) is 1.07. The number of rotatable bonds is 6. The van der Waals surface area contributed by atoms with Crippen molar-refractivity contribution in [2.75, 3.05) is 19.6 Å². The summed E-state index contributed by atoms with van der Waals surface area (Å²) in [5, 5.41) is 12.4. The second-order valence-corrected chi connectivity index (χ2v) is 4.25. The second kappa shape index (κ2) is 6.81. The van der Waals surface area contributed by atoms with Crippen LogP contribution in [0.2, 0.25) is 0 Å². The van der Waals surface area contributed by atoms with Crippen molar-refractivity contribution < 1.29 is 9.18 Å². The summed E-state index contributed by atoms with van der Waals surface area (Å²) in [7, 11) is 0. The molecule has 0 atom stereocenters. The lowest BCUT2D eigenvalue weighted by atomic mass is 10.1. The molecule has 1 heterocycles. The average Bonchev–Trinajstić information content (AvgIpc) is 2.93. The molecular weight excluding hydrogens is 259 g/mol. The lowest BCUT2D eigenvalue weighted by molar-refractivity contribution is 0.0954. The molecule has 1 aromatic carbocycles. The standard InChI is InChI=1S/C14H17FN4O/c1-2-16-7-8-17-14(20)11-9-18-19-13(11)10-5-3-4-6-12(10)15/h3-6,9,16H,2,7-8H2,1H3,(H,17,20)(H,18,19). The van der Waals surface area contributed by atoms with E-state index in [-0.39, 0.29) is 5.91 Å². The Balaban J connectivity index is 2.13. The molecule has 3 N–H and O–H groups in total. The van der Waals surface area contributed by atoms with Crippen LogP contribution >= 0.6 is 0 Å². The van der Waals surface area contributed by atoms with E-state index in [0.717, 1.165) is 6.54 Å². The van der Waals surface area contributed by atoms with Gasteiger partial charge in [-0.15, -0.1) is 0 Å². The van der Waals surface area contributed by atoms with Crippen LogP contribution in [-0.2, 0) is 0 Å². The molecule has 0 unspecified atom stereocenters. The van der Waals surface area contributed by atoms with Crippen molar-refractivity contribution in [3.63, 3.8) is 0 Å². The van der Waals surface area contributed by atoms with Gasteiger partial charge < -0.3 is 10.6 Å². The molecule has 6 heteroatoms. The number of hydrogen-bond donors (Lipinski definition) is 3. The summed E-state index contributed by atoms with van der Waals surface area (Å²) in [4.78, 5) is 12.1. The Hall–Kier alpha value is -2.21. The molecule has 20 heavy (non-hydrogen) atoms. The molecule has 0 aliphatic rings. The minimum absolute atomic E-state index is 0.269. The summed E-state index contributed by atoms with van der Waals surface area (Å²) < 4.78 is 13.8. The monoisotopic (exact) mass is 276 g/mol. The lowest BCUT2D eigenvalue weighted by Crippen LogP contribution is -2.31. The van der Waals surface area contributed by atoms with Crippen LogP contribution in [0.5, 0.6) is 0 Å². The molecule has 0 radical (unpaired) electrons. The zero-order chi connectivity index (χ0) is 14.4. The number of nitrogens with zero attached hydrogens (tertiary/aromatic N) is 1. The van der Waals surface area contributed by atoms with Gasteiger partial charge >= 0.3 is 0 Å². The summed E-state index contributed by atoms with van der Waals surface area (Å²) in [6.07, 6.45) is 1.41. The van der Waals surface area contributed by atoms with Crippen LogP contribution in [0.3, 0.4) is 0 Å². The molecule has 1 amide bonds. The normalized spacial score (nSPS) is 10.5. The first kappa shape index (κ1) is 14.2. The van der Waals surface area contributed by atoms with Gasteiger partial charge in [0.25, 0.3) is 5.91 Å². The number of hydrogen-bond acceptors (Lipinski definition) is 3. The van der Waals surface area contributed by atoms with Crippen LogP contribution in [0, 0.1) is 5.82 Å². The van der Waals surface area contributed by atoms with Gasteiger partial charge in [0.15, 0.2) is 0 Å². The zero-order valence-electron chi connectivity index (χ0n) is 11.2. The Kier molecular flexibility index (Phi) is 4.84. The molecule has 1 aromatic heterocycles. The molecule has 0 aliphatic carbocycles. The summed E-state index contributed by atoms with van der Waals surface area (Å²) in [6.45, 7) is 4.04. The van der Waals surface area contributed by atoms with E-state index in [1.54, 1.807) is 18.2 Å². The lowest BCUT2D eigenvalue weighted by Gasteiger charge is -2.06. The first-order chi connectivity index (χ1) is 9.74. The Morgan fingerprint density at radius 2 is 2.15 bits per heavy atom. The van der Waals surface area contributed by atoms with Crippen molar-refractivity contribution in [1.29, 1.82) is 0 Å². The van der Waals surface area contributed by atoms with Gasteiger partial charge in [0.1, 0.15) is 5.82 Å². The minimum Gasteiger partial charge on any atom is -0.351 e. The molecule has 0 saturated heterocycles. The topological polar surface area (TPSA) is 69.8 Å². The molecule has 0 fully saturated rings. The maximum absolute atomic E-state index is 13.8. The van der Waals surface area contributed by atoms with Gasteiger partial charge in [-0.05, 0) is 18.7 Å². The largest absolute Gasteiger partial charge is 0.351 e. The highest BCUT2D eigenvalue weighted by molar-refractivity contribution is 5.99. The highest BCUT2D eigenvalue weighted by atomic mass is 19.1. The maximum Gasteiger partial charge on any atom is 0.255 e. The predicted octanol–water partition coefficient (Wildman–Crippen LogP) is 1.56. The van der Waals surface area contributed by atoms with E-state index in [2.05, 4.69) is 20.8 Å². The van der Waals surface area contributed by atoms with Crippen molar-refractivity contribution in [2.45, 2.75) is 6.92 Å². The van der Waals surface area contributed by atoms with Crippen LogP contribution in [0.4, 0.5) is 4.39 Å². The molecular formula is C14H17FN4O. The summed E-state index contributed by atoms with van der Waals surface area (Å²) in [5.74, 6) is -0.659. The van der Waals surface area contributed by atoms with E-state index in [9.17, 15) is 9.18 Å². The smallest absolute Gasteiger partial charge is 0.255 e. The number of H-pyrrole nitrogens is 1. The second-order valence-electron chi connectivity index (χ2n) is 4.25. The Bertz CT molecular complexity index is 582. The number of nitrogens with one attached hydrogen (secondary N) is 3. The van der Waals surface area contributed by atoms with Crippen molar-refractivity contribution in [1.82, 2.24) is 20.8 Å². The van der Waals surface area contributed by atoms with E-state index < -0.39 is 5.82 Å². The minimum atomic E-state index is -0.390. The molecule has 2 rings (SSSR count). The van der Waals surface area contributed by atoms with Crippen LogP contribution in [0.25, 0.3) is 11.3 Å². The fourth-order valence-corrected chi connectivity index (χ4v) is 1.86. The number of aromatic amines is 1. The molecule has 5 nitrogen and oxygen atoms in total. The first-order valence-electron chi connectivity index (χ1n) is 6.51. The third-order valence-electron chi connectivity index (χ3n) is 2.86. The van der Waals surface area contributed by atoms with Crippen molar-refractivity contribution >= 4 is 5.91 Å². The summed E-state index contributed by atoms with van der Waals surface area (Å²) in [6, 6.07) is 6.28. The highest BCUT2D eigenvalue weighted by Gasteiger charge is 2.16. The van der Waals surface area contributed by atoms with Gasteiger partial charge in [-0.2, -0.15) is 5.10 Å². The van der Waals surface area contributed by atoms with E-state index in [4.69, 9.17) is 0 Å². The Labute approximate surface area is 116 Å². The van der Waals surface area contributed by atoms with Gasteiger partial charge in [-0.3, -0.25) is 9.89 Å². The fraction of sp³-hybridized carbons (Fsp3) is 0.286. The fourth-order valence-electron chi connectivity index (χ4n) is 1.86. The zero-order valence-corrected chi connectivity index (χ0v) is 11.2. The Morgan fingerprint density at radius 1 is 1.35 bits per heavy atom. The van der Waals surface area contributed by atoms with Crippen LogP contribution < -0.4 is 10.6 Å². The van der Waals surface area contributed by atoms with Crippen LogP contribution in [-0.4, -0.2) is 35.7 Å². The summed E-state index contributed by atoms with van der Waals surface area (Å²) >= 11 is 0. The number of carbonyl (C=O) groups excluding carboxylic acids is 1. The number of benzene rings is 1. The van der Waals surface area contributed by atoms with E-state index >= 15 is 0 Å². The van der Waals surface area contributed by atoms with Gasteiger partial charge in [0.05, 0.1) is 17.5 Å². The maximum atomic E-state index is 13.8. The molecule has 106 valence electrons. The third-order valence-corrected chi connectivity index (χ3v) is 2.86. The number of amides is 1. The molecule has 0 saturated carbocycles. The van der Waals surface area contributed by atoms with E-state index in [0.29, 0.717) is 29.9 Å². The van der Waals surface area contributed by atoms with Gasteiger partial charge in [0, 0.05) is 18.7 Å². The van der Waals surface area contributed by atoms with Gasteiger partial charge in [-0.25, -0.2) is 4.39 Å². The highest BCUT2D eigenvalue weighted by Crippen LogP contribution is 2.23. The molecule has 2 aromatic rings. The van der Waals surface area contributed by atoms with Crippen molar-refractivity contribution in [3.05, 3.63) is 41.8 Å². The molecule has 0 aliphatic heterocycles. The number of likely N-dealkylation sites (N-methyl/N-ethyl adjacent to an activating group) is 1. The van der Waals surface area contributed by atoms with Crippen molar-refractivity contribution in [2.24, 2.45) is 0 Å². The quantitative estimate of drug-likeness (QED) is 0.701. The number of carbonyl (C=O) groups is 1. The number of aromatic nitrogens is 2. The SMILES string of the molecule is CCNCCNC(=O)c1cn[nH]c1-c1ccccc1F. The Morgan fingerprint density at radius 3 is 2.90 bits per heavy atom. The van der Waals surface area contributed by atoms with Gasteiger partial charge in [0.2, 0.25) is 0 Å². The van der Waals surface area contributed by atoms with E-state index in [1.807, 2.05) is 6.92 Å². The van der Waals surface area contributed by atoms with Crippen LogP contribution in [0.15, 0.2) is 30.5 Å². The van der Waals surface area contributed by atoms with Crippen LogP contribution in [0.1, 0.15) is 17.3 Å². The molecule has 0 spiro atoms. The van der Waals surface area contributed by atoms with Crippen molar-refractivity contribution in [3.8, 4) is 11.3 Å². The average molecular weight is 276 g/mol. The van der Waals surface area contributed by atoms with Gasteiger partial charge in [-0.1, -0.05) is 19.1 Å². The number of halogens is 1. The molecule has 0 bridgehead atoms. The predicted molar refractivity (Wildman–Crippen MR) is 74.9 cm³/mol. The third kappa shape index (κ3) is 3.21.